The normalized spacial score (nSPS) is 10.2. The van der Waals surface area contributed by atoms with Gasteiger partial charge in [-0.15, -0.1) is 0 Å². The highest BCUT2D eigenvalue weighted by Crippen LogP contribution is 2.27. The molecule has 0 bridgehead atoms. The van der Waals surface area contributed by atoms with E-state index in [1.165, 1.54) is 12.1 Å². The van der Waals surface area contributed by atoms with E-state index in [-0.39, 0.29) is 22.6 Å². The molecule has 0 fully saturated rings. The van der Waals surface area contributed by atoms with Crippen molar-refractivity contribution >= 4 is 11.9 Å². The molecule has 0 saturated heterocycles. The minimum absolute atomic E-state index is 0.00501. The molecule has 0 amide bonds. The fourth-order valence-electron chi connectivity index (χ4n) is 1.93. The molecule has 5 nitrogen and oxygen atoms in total. The molecule has 2 aromatic rings. The summed E-state index contributed by atoms with van der Waals surface area (Å²) in [5.74, 6) is -2.17. The molecule has 0 aliphatic carbocycles. The van der Waals surface area contributed by atoms with Gasteiger partial charge in [0.25, 0.3) is 0 Å². The minimum Gasteiger partial charge on any atom is -0.507 e. The first-order chi connectivity index (χ1) is 9.91. The molecule has 108 valence electrons. The highest BCUT2D eigenvalue weighted by atomic mass is 16.5. The maximum Gasteiger partial charge on any atom is 0.347 e. The van der Waals surface area contributed by atoms with Gasteiger partial charge in [-0.1, -0.05) is 24.3 Å². The molecule has 0 radical (unpaired) electrons. The van der Waals surface area contributed by atoms with E-state index in [0.717, 1.165) is 0 Å². The van der Waals surface area contributed by atoms with Crippen LogP contribution in [0, 0.1) is 13.8 Å². The number of phenolic OH excluding ortho intramolecular Hbond substituents is 1. The van der Waals surface area contributed by atoms with E-state index in [9.17, 15) is 14.7 Å². The number of carboxylic acid groups (broad SMARTS) is 1. The minimum atomic E-state index is -1.19. The number of hydrogen-bond acceptors (Lipinski definition) is 4. The summed E-state index contributed by atoms with van der Waals surface area (Å²) in [6.45, 7) is 3.30. The number of carboxylic acids is 1. The fraction of sp³-hybridized carbons (Fsp3) is 0.125. The van der Waals surface area contributed by atoms with E-state index in [2.05, 4.69) is 0 Å². The van der Waals surface area contributed by atoms with Crippen molar-refractivity contribution < 1.29 is 24.5 Å². The van der Waals surface area contributed by atoms with E-state index in [0.29, 0.717) is 11.1 Å². The summed E-state index contributed by atoms with van der Waals surface area (Å²) in [7, 11) is 0. The van der Waals surface area contributed by atoms with Crippen LogP contribution in [0.25, 0.3) is 0 Å². The van der Waals surface area contributed by atoms with Gasteiger partial charge in [0.2, 0.25) is 0 Å². The van der Waals surface area contributed by atoms with Crippen LogP contribution in [0.5, 0.6) is 11.5 Å². The molecule has 0 saturated carbocycles. The van der Waals surface area contributed by atoms with Crippen molar-refractivity contribution in [2.75, 3.05) is 0 Å². The molecule has 2 rings (SSSR count). The Kier molecular flexibility index (Phi) is 3.93. The Morgan fingerprint density at radius 3 is 2.14 bits per heavy atom. The number of hydrogen-bond donors (Lipinski definition) is 2. The largest absolute Gasteiger partial charge is 0.507 e. The molecule has 0 aromatic heterocycles. The Balaban J connectivity index is 2.41. The lowest BCUT2D eigenvalue weighted by molar-refractivity contribution is 0.0680. The van der Waals surface area contributed by atoms with E-state index in [4.69, 9.17) is 9.84 Å². The van der Waals surface area contributed by atoms with Gasteiger partial charge in [-0.05, 0) is 37.1 Å². The van der Waals surface area contributed by atoms with Gasteiger partial charge >= 0.3 is 11.9 Å². The van der Waals surface area contributed by atoms with Crippen molar-refractivity contribution in [2.45, 2.75) is 13.8 Å². The Morgan fingerprint density at radius 2 is 1.52 bits per heavy atom. The van der Waals surface area contributed by atoms with Crippen LogP contribution in [0.3, 0.4) is 0 Å². The zero-order valence-corrected chi connectivity index (χ0v) is 11.6. The molecule has 0 atom stereocenters. The lowest BCUT2D eigenvalue weighted by Gasteiger charge is -2.11. The average molecular weight is 286 g/mol. The van der Waals surface area contributed by atoms with Crippen molar-refractivity contribution in [2.24, 2.45) is 0 Å². The first-order valence-electron chi connectivity index (χ1n) is 6.25. The Bertz CT molecular complexity index is 719. The highest BCUT2D eigenvalue weighted by molar-refractivity contribution is 5.97. The zero-order chi connectivity index (χ0) is 15.6. The number of rotatable bonds is 3. The van der Waals surface area contributed by atoms with E-state index >= 15 is 0 Å². The summed E-state index contributed by atoms with van der Waals surface area (Å²) < 4.78 is 5.18. The molecule has 0 aliphatic rings. The Hall–Kier alpha value is -2.82. The smallest absolute Gasteiger partial charge is 0.347 e. The number of aryl methyl sites for hydroxylation is 2. The van der Waals surface area contributed by atoms with Gasteiger partial charge in [-0.2, -0.15) is 0 Å². The summed E-state index contributed by atoms with van der Waals surface area (Å²) in [6.07, 6.45) is 0. The second-order valence-corrected chi connectivity index (χ2v) is 4.62. The van der Waals surface area contributed by atoms with Crippen LogP contribution >= 0.6 is 0 Å². The van der Waals surface area contributed by atoms with Crippen LogP contribution < -0.4 is 4.74 Å². The van der Waals surface area contributed by atoms with Gasteiger partial charge in [0.15, 0.2) is 0 Å². The SMILES string of the molecule is Cc1cccc(C(=O)Oc2c(C)cccc2C(=O)O)c1O. The van der Waals surface area contributed by atoms with E-state index in [1.54, 1.807) is 38.1 Å². The molecule has 0 aliphatic heterocycles. The Labute approximate surface area is 121 Å². The number of carbonyl (C=O) groups excluding carboxylic acids is 1. The van der Waals surface area contributed by atoms with Crippen molar-refractivity contribution in [3.05, 3.63) is 58.7 Å². The molecule has 2 N–H and O–H groups in total. The summed E-state index contributed by atoms with van der Waals surface area (Å²) in [4.78, 5) is 23.3. The topological polar surface area (TPSA) is 83.8 Å². The lowest BCUT2D eigenvalue weighted by atomic mass is 10.1. The number of aromatic carboxylic acids is 1. The molecule has 0 unspecified atom stereocenters. The number of ether oxygens (including phenoxy) is 1. The third kappa shape index (κ3) is 2.86. The summed E-state index contributed by atoms with van der Waals surface area (Å²) in [6, 6.07) is 9.26. The van der Waals surface area contributed by atoms with E-state index < -0.39 is 11.9 Å². The van der Waals surface area contributed by atoms with Crippen LogP contribution in [0.2, 0.25) is 0 Å². The van der Waals surface area contributed by atoms with Crippen LogP contribution in [0.1, 0.15) is 31.8 Å². The van der Waals surface area contributed by atoms with Crippen LogP contribution in [0.15, 0.2) is 36.4 Å². The summed E-state index contributed by atoms with van der Waals surface area (Å²) in [5, 5.41) is 19.0. The van der Waals surface area contributed by atoms with Gasteiger partial charge in [0.05, 0.1) is 0 Å². The van der Waals surface area contributed by atoms with Crippen molar-refractivity contribution in [1.29, 1.82) is 0 Å². The fourth-order valence-corrected chi connectivity index (χ4v) is 1.93. The second-order valence-electron chi connectivity index (χ2n) is 4.62. The van der Waals surface area contributed by atoms with Crippen molar-refractivity contribution in [3.63, 3.8) is 0 Å². The zero-order valence-electron chi connectivity index (χ0n) is 11.6. The van der Waals surface area contributed by atoms with Crippen LogP contribution in [-0.4, -0.2) is 22.2 Å². The first-order valence-corrected chi connectivity index (χ1v) is 6.25. The van der Waals surface area contributed by atoms with Crippen molar-refractivity contribution in [3.8, 4) is 11.5 Å². The van der Waals surface area contributed by atoms with Gasteiger partial charge in [-0.25, -0.2) is 9.59 Å². The second kappa shape index (κ2) is 5.66. The van der Waals surface area contributed by atoms with Gasteiger partial charge < -0.3 is 14.9 Å². The first kappa shape index (κ1) is 14.6. The standard InChI is InChI=1S/C16H14O5/c1-9-5-3-7-11(13(9)17)16(20)21-14-10(2)6-4-8-12(14)15(18)19/h3-8,17H,1-2H3,(H,18,19). The number of phenols is 1. The average Bonchev–Trinajstić information content (AvgIpc) is 2.43. The molecular weight excluding hydrogens is 272 g/mol. The lowest BCUT2D eigenvalue weighted by Crippen LogP contribution is -2.13. The third-order valence-electron chi connectivity index (χ3n) is 3.09. The van der Waals surface area contributed by atoms with E-state index in [1.807, 2.05) is 0 Å². The number of aromatic hydroxyl groups is 1. The predicted molar refractivity (Wildman–Crippen MR) is 75.9 cm³/mol. The van der Waals surface area contributed by atoms with Gasteiger partial charge in [0, 0.05) is 0 Å². The number of benzene rings is 2. The molecule has 5 heteroatoms. The van der Waals surface area contributed by atoms with Crippen LogP contribution in [0.4, 0.5) is 0 Å². The monoisotopic (exact) mass is 286 g/mol. The molecular formula is C16H14O5. The van der Waals surface area contributed by atoms with Crippen molar-refractivity contribution in [1.82, 2.24) is 0 Å². The highest BCUT2D eigenvalue weighted by Gasteiger charge is 2.20. The molecule has 21 heavy (non-hydrogen) atoms. The predicted octanol–water partition coefficient (Wildman–Crippen LogP) is 2.93. The third-order valence-corrected chi connectivity index (χ3v) is 3.09. The molecule has 0 spiro atoms. The number of carbonyl (C=O) groups is 2. The quantitative estimate of drug-likeness (QED) is 0.669. The molecule has 0 heterocycles. The van der Waals surface area contributed by atoms with Gasteiger partial charge in [0.1, 0.15) is 22.6 Å². The Morgan fingerprint density at radius 1 is 0.952 bits per heavy atom. The summed E-state index contributed by atoms with van der Waals surface area (Å²) in [5.41, 5.74) is 0.952. The number of para-hydroxylation sites is 2. The maximum absolute atomic E-state index is 12.1. The van der Waals surface area contributed by atoms with Gasteiger partial charge in [-0.3, -0.25) is 0 Å². The summed E-state index contributed by atoms with van der Waals surface area (Å²) >= 11 is 0. The maximum atomic E-state index is 12.1. The molecule has 2 aromatic carbocycles. The van der Waals surface area contributed by atoms with Crippen LogP contribution in [-0.2, 0) is 0 Å². The number of esters is 1.